The van der Waals surface area contributed by atoms with Gasteiger partial charge in [0.2, 0.25) is 0 Å². The normalized spacial score (nSPS) is 44.2. The molecule has 2 nitrogen and oxygen atoms in total. The number of hydrogen-bond donors (Lipinski definition) is 1. The van der Waals surface area contributed by atoms with E-state index in [1.807, 2.05) is 0 Å². The van der Waals surface area contributed by atoms with Gasteiger partial charge in [0, 0.05) is 18.1 Å². The minimum atomic E-state index is -0.0170. The Morgan fingerprint density at radius 1 is 0.867 bits per heavy atom. The fraction of sp³-hybridized carbons (Fsp3) is 1.00. The van der Waals surface area contributed by atoms with Crippen LogP contribution in [0.1, 0.15) is 58.8 Å². The van der Waals surface area contributed by atoms with Crippen LogP contribution in [0.2, 0.25) is 0 Å². The van der Waals surface area contributed by atoms with Crippen LogP contribution < -0.4 is 0 Å². The van der Waals surface area contributed by atoms with E-state index in [0.29, 0.717) is 0 Å². The second-order valence-corrected chi connectivity index (χ2v) is 5.54. The molecule has 2 heteroatoms. The fourth-order valence-corrected chi connectivity index (χ4v) is 3.52. The zero-order valence-electron chi connectivity index (χ0n) is 10.2. The van der Waals surface area contributed by atoms with E-state index in [4.69, 9.17) is 0 Å². The molecule has 0 amide bonds. The molecule has 0 radical (unpaired) electrons. The lowest BCUT2D eigenvalue weighted by atomic mass is 9.87. The molecule has 15 heavy (non-hydrogen) atoms. The average Bonchev–Trinajstić information content (AvgIpc) is 2.20. The molecule has 0 bridgehead atoms. The first-order valence-electron chi connectivity index (χ1n) is 6.64. The highest BCUT2D eigenvalue weighted by atomic mass is 16.3. The zero-order chi connectivity index (χ0) is 10.8. The van der Waals surface area contributed by atoms with E-state index in [0.717, 1.165) is 31.0 Å². The summed E-state index contributed by atoms with van der Waals surface area (Å²) in [6.45, 7) is 4.75. The van der Waals surface area contributed by atoms with E-state index < -0.39 is 0 Å². The topological polar surface area (TPSA) is 23.5 Å². The first-order chi connectivity index (χ1) is 7.18. The highest BCUT2D eigenvalue weighted by molar-refractivity contribution is 4.88. The summed E-state index contributed by atoms with van der Waals surface area (Å²) >= 11 is 0. The average molecular weight is 211 g/mol. The zero-order valence-corrected chi connectivity index (χ0v) is 10.2. The van der Waals surface area contributed by atoms with Crippen molar-refractivity contribution in [3.63, 3.8) is 0 Å². The molecular formula is C13H25NO. The van der Waals surface area contributed by atoms with Gasteiger partial charge in [-0.25, -0.2) is 0 Å². The van der Waals surface area contributed by atoms with Crippen LogP contribution in [0.15, 0.2) is 0 Å². The van der Waals surface area contributed by atoms with E-state index in [9.17, 15) is 5.11 Å². The number of aliphatic hydroxyl groups excluding tert-OH is 1. The molecule has 2 aliphatic rings. The standard InChI is InChI=1S/C13H25NO/c1-10-4-3-5-11(2)14(10)12-6-8-13(15)9-7-12/h10-13,15H,3-9H2,1-2H3. The second-order valence-electron chi connectivity index (χ2n) is 5.54. The van der Waals surface area contributed by atoms with Crippen molar-refractivity contribution >= 4 is 0 Å². The molecule has 88 valence electrons. The van der Waals surface area contributed by atoms with Crippen LogP contribution in [0.25, 0.3) is 0 Å². The molecule has 2 unspecified atom stereocenters. The van der Waals surface area contributed by atoms with Gasteiger partial charge in [-0.15, -0.1) is 0 Å². The molecule has 1 aliphatic carbocycles. The van der Waals surface area contributed by atoms with E-state index in [-0.39, 0.29) is 6.10 Å². The van der Waals surface area contributed by atoms with Gasteiger partial charge in [-0.05, 0) is 52.4 Å². The summed E-state index contributed by atoms with van der Waals surface area (Å²) in [5.41, 5.74) is 0. The number of rotatable bonds is 1. The lowest BCUT2D eigenvalue weighted by molar-refractivity contribution is 0.0115. The first kappa shape index (κ1) is 11.4. The Balaban J connectivity index is 1.95. The molecule has 0 aromatic rings. The Bertz CT molecular complexity index is 189. The fourth-order valence-electron chi connectivity index (χ4n) is 3.52. The molecular weight excluding hydrogens is 186 g/mol. The predicted molar refractivity (Wildman–Crippen MR) is 62.9 cm³/mol. The van der Waals surface area contributed by atoms with Crippen LogP contribution in [0.4, 0.5) is 0 Å². The SMILES string of the molecule is CC1CCCC(C)N1C1CCC(O)CC1. The summed E-state index contributed by atoms with van der Waals surface area (Å²) in [5, 5.41) is 9.54. The summed E-state index contributed by atoms with van der Waals surface area (Å²) in [5.74, 6) is 0. The first-order valence-corrected chi connectivity index (χ1v) is 6.64. The second kappa shape index (κ2) is 4.84. The molecule has 0 spiro atoms. The molecule has 1 aliphatic heterocycles. The van der Waals surface area contributed by atoms with Crippen LogP contribution in [-0.2, 0) is 0 Å². The van der Waals surface area contributed by atoms with Gasteiger partial charge in [0.05, 0.1) is 6.10 Å². The molecule has 0 aromatic heterocycles. The van der Waals surface area contributed by atoms with Gasteiger partial charge in [-0.3, -0.25) is 4.90 Å². The van der Waals surface area contributed by atoms with Crippen LogP contribution in [0, 0.1) is 0 Å². The van der Waals surface area contributed by atoms with Gasteiger partial charge >= 0.3 is 0 Å². The third-order valence-electron chi connectivity index (χ3n) is 4.35. The van der Waals surface area contributed by atoms with Crippen molar-refractivity contribution in [3.8, 4) is 0 Å². The van der Waals surface area contributed by atoms with Crippen molar-refractivity contribution in [3.05, 3.63) is 0 Å². The molecule has 1 saturated heterocycles. The summed E-state index contributed by atoms with van der Waals surface area (Å²) in [6, 6.07) is 2.27. The minimum absolute atomic E-state index is 0.0170. The van der Waals surface area contributed by atoms with E-state index >= 15 is 0 Å². The van der Waals surface area contributed by atoms with Crippen molar-refractivity contribution in [1.29, 1.82) is 0 Å². The number of nitrogens with zero attached hydrogens (tertiary/aromatic N) is 1. The highest BCUT2D eigenvalue weighted by Crippen LogP contribution is 2.31. The lowest BCUT2D eigenvalue weighted by Gasteiger charge is -2.46. The van der Waals surface area contributed by atoms with Crippen LogP contribution >= 0.6 is 0 Å². The molecule has 0 aromatic carbocycles. The number of hydrogen-bond acceptors (Lipinski definition) is 2. The van der Waals surface area contributed by atoms with Crippen molar-refractivity contribution in [2.75, 3.05) is 0 Å². The third kappa shape index (κ3) is 2.54. The van der Waals surface area contributed by atoms with Gasteiger partial charge in [0.15, 0.2) is 0 Å². The van der Waals surface area contributed by atoms with E-state index in [1.54, 1.807) is 0 Å². The van der Waals surface area contributed by atoms with Gasteiger partial charge in [-0.2, -0.15) is 0 Å². The van der Waals surface area contributed by atoms with E-state index in [2.05, 4.69) is 18.7 Å². The van der Waals surface area contributed by atoms with Crippen LogP contribution in [-0.4, -0.2) is 34.2 Å². The molecule has 2 fully saturated rings. The summed E-state index contributed by atoms with van der Waals surface area (Å²) < 4.78 is 0. The molecule has 1 heterocycles. The van der Waals surface area contributed by atoms with Crippen LogP contribution in [0.5, 0.6) is 0 Å². The van der Waals surface area contributed by atoms with Crippen molar-refractivity contribution < 1.29 is 5.11 Å². The Hall–Kier alpha value is -0.0800. The molecule has 1 N–H and O–H groups in total. The highest BCUT2D eigenvalue weighted by Gasteiger charge is 2.32. The van der Waals surface area contributed by atoms with E-state index in [1.165, 1.54) is 32.1 Å². The summed E-state index contributed by atoms with van der Waals surface area (Å²) in [6.07, 6.45) is 8.55. The number of piperidine rings is 1. The monoisotopic (exact) mass is 211 g/mol. The summed E-state index contributed by atoms with van der Waals surface area (Å²) in [7, 11) is 0. The van der Waals surface area contributed by atoms with Gasteiger partial charge in [0.1, 0.15) is 0 Å². The minimum Gasteiger partial charge on any atom is -0.393 e. The maximum absolute atomic E-state index is 9.54. The predicted octanol–water partition coefficient (Wildman–Crippen LogP) is 2.55. The van der Waals surface area contributed by atoms with Crippen molar-refractivity contribution in [2.24, 2.45) is 0 Å². The van der Waals surface area contributed by atoms with Crippen molar-refractivity contribution in [2.45, 2.75) is 83.0 Å². The maximum Gasteiger partial charge on any atom is 0.0541 e. The largest absolute Gasteiger partial charge is 0.393 e. The van der Waals surface area contributed by atoms with Crippen molar-refractivity contribution in [1.82, 2.24) is 4.90 Å². The summed E-state index contributed by atoms with van der Waals surface area (Å²) in [4.78, 5) is 2.73. The Morgan fingerprint density at radius 2 is 1.40 bits per heavy atom. The number of aliphatic hydroxyl groups is 1. The number of likely N-dealkylation sites (tertiary alicyclic amines) is 1. The maximum atomic E-state index is 9.54. The molecule has 2 atom stereocenters. The Kier molecular flexibility index (Phi) is 3.68. The van der Waals surface area contributed by atoms with Gasteiger partial charge < -0.3 is 5.11 Å². The van der Waals surface area contributed by atoms with Crippen LogP contribution in [0.3, 0.4) is 0 Å². The smallest absolute Gasteiger partial charge is 0.0541 e. The van der Waals surface area contributed by atoms with Gasteiger partial charge in [-0.1, -0.05) is 6.42 Å². The molecule has 2 rings (SSSR count). The Morgan fingerprint density at radius 3 is 1.93 bits per heavy atom. The molecule has 1 saturated carbocycles. The Labute approximate surface area is 93.7 Å². The third-order valence-corrected chi connectivity index (χ3v) is 4.35. The van der Waals surface area contributed by atoms with Gasteiger partial charge in [0.25, 0.3) is 0 Å². The quantitative estimate of drug-likeness (QED) is 0.720. The lowest BCUT2D eigenvalue weighted by Crippen LogP contribution is -2.51.